The second kappa shape index (κ2) is 61.6. The monoisotopic (exact) mass is 1340 g/mol. The van der Waals surface area contributed by atoms with Gasteiger partial charge in [0.1, 0.15) is 19.3 Å². The quantitative estimate of drug-likeness (QED) is 0.0222. The fourth-order valence-corrected chi connectivity index (χ4v) is 12.4. The van der Waals surface area contributed by atoms with Crippen LogP contribution in [0.15, 0.2) is 0 Å². The number of carbonyl (C=O) groups excluding carboxylic acids is 4. The first-order chi connectivity index (χ1) is 43.7. The number of ether oxygens (including phenoxy) is 4. The van der Waals surface area contributed by atoms with E-state index in [0.717, 1.165) is 114 Å². The van der Waals surface area contributed by atoms with Crippen molar-refractivity contribution in [1.82, 2.24) is 0 Å². The van der Waals surface area contributed by atoms with E-state index in [4.69, 9.17) is 37.0 Å². The molecule has 0 aromatic rings. The van der Waals surface area contributed by atoms with Crippen LogP contribution in [-0.2, 0) is 65.4 Å². The lowest BCUT2D eigenvalue weighted by molar-refractivity contribution is -0.161. The number of aliphatic hydroxyl groups is 1. The van der Waals surface area contributed by atoms with Crippen LogP contribution in [0.4, 0.5) is 0 Å². The molecule has 3 N–H and O–H groups in total. The van der Waals surface area contributed by atoms with Gasteiger partial charge in [0.2, 0.25) is 0 Å². The van der Waals surface area contributed by atoms with E-state index in [1.807, 2.05) is 0 Å². The lowest BCUT2D eigenvalue weighted by Crippen LogP contribution is -2.30. The molecule has 7 atom stereocenters. The highest BCUT2D eigenvalue weighted by atomic mass is 31.2. The van der Waals surface area contributed by atoms with Crippen molar-refractivity contribution in [3.05, 3.63) is 0 Å². The normalized spacial score (nSPS) is 14.8. The minimum Gasteiger partial charge on any atom is -0.462 e. The van der Waals surface area contributed by atoms with Crippen LogP contribution in [0.1, 0.15) is 357 Å². The van der Waals surface area contributed by atoms with Gasteiger partial charge < -0.3 is 33.8 Å². The van der Waals surface area contributed by atoms with Crippen LogP contribution in [0.25, 0.3) is 0 Å². The van der Waals surface area contributed by atoms with Gasteiger partial charge in [0.05, 0.1) is 26.4 Å². The number of phosphoric acid groups is 2. The Morgan fingerprint density at radius 3 is 0.780 bits per heavy atom. The average Bonchev–Trinajstić information content (AvgIpc) is 3.63. The molecular weight excluding hydrogens is 1200 g/mol. The summed E-state index contributed by atoms with van der Waals surface area (Å²) in [5, 5.41) is 10.6. The van der Waals surface area contributed by atoms with E-state index in [0.29, 0.717) is 25.7 Å². The van der Waals surface area contributed by atoms with Gasteiger partial charge in [-0.1, -0.05) is 306 Å². The Morgan fingerprint density at radius 1 is 0.308 bits per heavy atom. The summed E-state index contributed by atoms with van der Waals surface area (Å²) < 4.78 is 68.4. The maximum absolute atomic E-state index is 13.0. The Labute approximate surface area is 556 Å². The van der Waals surface area contributed by atoms with E-state index >= 15 is 0 Å². The standard InChI is InChI=1S/C72H140O17P2/c1-9-64(7)50-42-34-26-19-16-17-20-27-36-44-52-69(74)82-58-67(88-71(76)54-46-38-29-21-15-13-11-12-14-18-24-32-40-48-62(3)4)60-86-90(78,79)84-56-66(73)57-85-91(80,81)87-61-68(89-72(77)55-47-39-31-30-35-43-51-65(8)10-2)59-83-70(75)53-45-37-28-23-22-25-33-41-49-63(5)6/h62-68,73H,9-61H2,1-8H3,(H,78,79)(H,80,81)/t64?,65?,66?,67-,68-/m1/s1. The Morgan fingerprint density at radius 2 is 0.527 bits per heavy atom. The van der Waals surface area contributed by atoms with Crippen LogP contribution in [-0.4, -0.2) is 96.7 Å². The molecule has 0 aliphatic carbocycles. The fraction of sp³-hybridized carbons (Fsp3) is 0.944. The van der Waals surface area contributed by atoms with Gasteiger partial charge in [0, 0.05) is 25.7 Å². The second-order valence-electron chi connectivity index (χ2n) is 27.4. The summed E-state index contributed by atoms with van der Waals surface area (Å²) >= 11 is 0. The molecule has 5 unspecified atom stereocenters. The van der Waals surface area contributed by atoms with Gasteiger partial charge in [0.15, 0.2) is 12.2 Å². The summed E-state index contributed by atoms with van der Waals surface area (Å²) in [6.45, 7) is 14.1. The number of esters is 4. The van der Waals surface area contributed by atoms with Crippen molar-refractivity contribution in [1.29, 1.82) is 0 Å². The van der Waals surface area contributed by atoms with Crippen LogP contribution in [0.5, 0.6) is 0 Å². The van der Waals surface area contributed by atoms with Crippen molar-refractivity contribution < 1.29 is 80.2 Å². The zero-order chi connectivity index (χ0) is 67.5. The highest BCUT2D eigenvalue weighted by Crippen LogP contribution is 2.45. The highest BCUT2D eigenvalue weighted by molar-refractivity contribution is 7.47. The molecule has 0 fully saturated rings. The van der Waals surface area contributed by atoms with Gasteiger partial charge in [-0.2, -0.15) is 0 Å². The Hall–Kier alpha value is -1.94. The highest BCUT2D eigenvalue weighted by Gasteiger charge is 2.30. The number of rotatable bonds is 69. The number of phosphoric ester groups is 2. The van der Waals surface area contributed by atoms with Crippen LogP contribution >= 0.6 is 15.6 Å². The third kappa shape index (κ3) is 63.9. The molecule has 91 heavy (non-hydrogen) atoms. The molecule has 0 aromatic heterocycles. The summed E-state index contributed by atoms with van der Waals surface area (Å²) in [4.78, 5) is 72.6. The molecule has 0 spiro atoms. The first-order valence-corrected chi connectivity index (χ1v) is 40.3. The summed E-state index contributed by atoms with van der Waals surface area (Å²) in [5.41, 5.74) is 0. The van der Waals surface area contributed by atoms with Gasteiger partial charge in [-0.05, 0) is 49.4 Å². The minimum atomic E-state index is -4.96. The Kier molecular flexibility index (Phi) is 60.3. The van der Waals surface area contributed by atoms with Crippen LogP contribution in [0, 0.1) is 23.7 Å². The van der Waals surface area contributed by atoms with Gasteiger partial charge in [-0.15, -0.1) is 0 Å². The number of aliphatic hydroxyl groups excluding tert-OH is 1. The SMILES string of the molecule is CCC(C)CCCCCCCCCCCCC(=O)OC[C@H](COP(=O)(O)OCC(O)COP(=O)(O)OC[C@@H](COC(=O)CCCCCCCCCCC(C)C)OC(=O)CCCCCCCCC(C)CC)OC(=O)CCCCCCCCCCCCCCCC(C)C. The van der Waals surface area contributed by atoms with E-state index in [9.17, 15) is 43.2 Å². The molecular formula is C72H140O17P2. The van der Waals surface area contributed by atoms with Crippen molar-refractivity contribution in [2.45, 2.75) is 375 Å². The number of hydrogen-bond acceptors (Lipinski definition) is 15. The van der Waals surface area contributed by atoms with Crippen LogP contribution in [0.2, 0.25) is 0 Å². The lowest BCUT2D eigenvalue weighted by atomic mass is 9.99. The van der Waals surface area contributed by atoms with Crippen molar-refractivity contribution in [2.24, 2.45) is 23.7 Å². The predicted octanol–water partition coefficient (Wildman–Crippen LogP) is 20.5. The summed E-state index contributed by atoms with van der Waals surface area (Å²) in [6.07, 6.45) is 44.4. The molecule has 0 saturated heterocycles. The zero-order valence-corrected chi connectivity index (χ0v) is 61.3. The van der Waals surface area contributed by atoms with E-state index < -0.39 is 97.5 Å². The number of carbonyl (C=O) groups is 4. The molecule has 540 valence electrons. The minimum absolute atomic E-state index is 0.102. The molecule has 0 saturated carbocycles. The molecule has 0 aromatic carbocycles. The van der Waals surface area contributed by atoms with Crippen molar-refractivity contribution in [3.63, 3.8) is 0 Å². The third-order valence-electron chi connectivity index (χ3n) is 17.3. The van der Waals surface area contributed by atoms with Gasteiger partial charge in [-0.25, -0.2) is 9.13 Å². The van der Waals surface area contributed by atoms with Crippen molar-refractivity contribution in [3.8, 4) is 0 Å². The van der Waals surface area contributed by atoms with Crippen LogP contribution in [0.3, 0.4) is 0 Å². The molecule has 0 radical (unpaired) electrons. The molecule has 19 heteroatoms. The van der Waals surface area contributed by atoms with Crippen molar-refractivity contribution >= 4 is 39.5 Å². The smallest absolute Gasteiger partial charge is 0.462 e. The maximum Gasteiger partial charge on any atom is 0.472 e. The fourth-order valence-electron chi connectivity index (χ4n) is 10.8. The number of unbranched alkanes of at least 4 members (excludes halogenated alkanes) is 33. The van der Waals surface area contributed by atoms with E-state index in [-0.39, 0.29) is 25.7 Å². The van der Waals surface area contributed by atoms with E-state index in [2.05, 4.69) is 55.4 Å². The summed E-state index contributed by atoms with van der Waals surface area (Å²) in [5.74, 6) is 0.914. The molecule has 0 aliphatic rings. The Balaban J connectivity index is 5.26. The molecule has 0 heterocycles. The molecule has 0 bridgehead atoms. The molecule has 0 amide bonds. The third-order valence-corrected chi connectivity index (χ3v) is 19.2. The molecule has 0 rings (SSSR count). The predicted molar refractivity (Wildman–Crippen MR) is 367 cm³/mol. The summed E-state index contributed by atoms with van der Waals surface area (Å²) in [7, 11) is -9.91. The summed E-state index contributed by atoms with van der Waals surface area (Å²) in [6, 6.07) is 0. The molecule has 0 aliphatic heterocycles. The van der Waals surface area contributed by atoms with Gasteiger partial charge in [-0.3, -0.25) is 37.3 Å². The second-order valence-corrected chi connectivity index (χ2v) is 30.3. The van der Waals surface area contributed by atoms with E-state index in [1.165, 1.54) is 161 Å². The molecule has 17 nitrogen and oxygen atoms in total. The van der Waals surface area contributed by atoms with E-state index in [1.54, 1.807) is 0 Å². The maximum atomic E-state index is 13.0. The first kappa shape index (κ1) is 89.1. The van der Waals surface area contributed by atoms with Gasteiger partial charge >= 0.3 is 39.5 Å². The largest absolute Gasteiger partial charge is 0.472 e. The topological polar surface area (TPSA) is 237 Å². The van der Waals surface area contributed by atoms with Crippen LogP contribution < -0.4 is 0 Å². The lowest BCUT2D eigenvalue weighted by Gasteiger charge is -2.21. The van der Waals surface area contributed by atoms with Crippen molar-refractivity contribution in [2.75, 3.05) is 39.6 Å². The first-order valence-electron chi connectivity index (χ1n) is 37.3. The Bertz CT molecular complexity index is 1800. The zero-order valence-electron chi connectivity index (χ0n) is 59.5. The average molecular weight is 1340 g/mol. The van der Waals surface area contributed by atoms with Gasteiger partial charge in [0.25, 0.3) is 0 Å². The number of hydrogen-bond donors (Lipinski definition) is 3.